The van der Waals surface area contributed by atoms with Crippen LogP contribution in [0, 0.1) is 0 Å². The Morgan fingerprint density at radius 3 is 2.90 bits per heavy atom. The molecule has 3 heteroatoms. The van der Waals surface area contributed by atoms with Gasteiger partial charge in [-0.1, -0.05) is 36.4 Å². The largest absolute Gasteiger partial charge is 0.352 e. The van der Waals surface area contributed by atoms with E-state index in [1.54, 1.807) is 0 Å². The number of aliphatic imine (C=N–C) groups is 1. The van der Waals surface area contributed by atoms with E-state index in [4.69, 9.17) is 0 Å². The Morgan fingerprint density at radius 2 is 2.00 bits per heavy atom. The molecule has 0 aromatic heterocycles. The molecule has 102 valence electrons. The molecule has 2 aromatic carbocycles. The SMILES string of the molecule is CC1CN2C(=NCCC2c2ccc3ccccc3c2)N1. The summed E-state index contributed by atoms with van der Waals surface area (Å²) in [6.45, 7) is 4.19. The molecule has 0 saturated carbocycles. The predicted molar refractivity (Wildman–Crippen MR) is 82.9 cm³/mol. The van der Waals surface area contributed by atoms with E-state index >= 15 is 0 Å². The van der Waals surface area contributed by atoms with Crippen LogP contribution in [-0.2, 0) is 0 Å². The normalized spacial score (nSPS) is 25.2. The molecule has 1 saturated heterocycles. The Bertz CT molecular complexity index is 677. The highest BCUT2D eigenvalue weighted by atomic mass is 15.4. The number of nitrogens with one attached hydrogen (secondary N) is 1. The van der Waals surface area contributed by atoms with Crippen LogP contribution in [0.1, 0.15) is 24.9 Å². The first-order chi connectivity index (χ1) is 9.81. The highest BCUT2D eigenvalue weighted by molar-refractivity contribution is 5.85. The van der Waals surface area contributed by atoms with E-state index in [1.807, 2.05) is 0 Å². The standard InChI is InChI=1S/C17H19N3/c1-12-11-20-16(8-9-18-17(20)19-12)15-7-6-13-4-2-3-5-14(13)10-15/h2-7,10,12,16H,8-9,11H2,1H3,(H,18,19). The molecule has 0 amide bonds. The van der Waals surface area contributed by atoms with Crippen molar-refractivity contribution in [1.29, 1.82) is 0 Å². The number of hydrogen-bond donors (Lipinski definition) is 1. The average molecular weight is 265 g/mol. The molecule has 2 heterocycles. The van der Waals surface area contributed by atoms with Gasteiger partial charge in [-0.05, 0) is 35.7 Å². The number of nitrogens with zero attached hydrogens (tertiary/aromatic N) is 2. The van der Waals surface area contributed by atoms with Gasteiger partial charge in [-0.15, -0.1) is 0 Å². The van der Waals surface area contributed by atoms with Gasteiger partial charge in [-0.3, -0.25) is 4.99 Å². The quantitative estimate of drug-likeness (QED) is 0.858. The molecule has 20 heavy (non-hydrogen) atoms. The Balaban J connectivity index is 1.73. The van der Waals surface area contributed by atoms with Crippen LogP contribution in [0.5, 0.6) is 0 Å². The summed E-state index contributed by atoms with van der Waals surface area (Å²) in [7, 11) is 0. The number of rotatable bonds is 1. The fourth-order valence-electron chi connectivity index (χ4n) is 3.35. The predicted octanol–water partition coefficient (Wildman–Crippen LogP) is 2.93. The third kappa shape index (κ3) is 1.85. The molecule has 1 N–H and O–H groups in total. The maximum atomic E-state index is 4.61. The Kier molecular flexibility index (Phi) is 2.66. The minimum atomic E-state index is 0.463. The van der Waals surface area contributed by atoms with Crippen LogP contribution in [0.25, 0.3) is 10.8 Å². The molecular weight excluding hydrogens is 246 g/mol. The van der Waals surface area contributed by atoms with E-state index < -0.39 is 0 Å². The Morgan fingerprint density at radius 1 is 1.15 bits per heavy atom. The lowest BCUT2D eigenvalue weighted by atomic mass is 9.98. The summed E-state index contributed by atoms with van der Waals surface area (Å²) in [6.07, 6.45) is 1.11. The molecule has 1 fully saturated rings. The number of hydrogen-bond acceptors (Lipinski definition) is 3. The van der Waals surface area contributed by atoms with Gasteiger partial charge in [0.05, 0.1) is 6.04 Å². The molecule has 2 aromatic rings. The van der Waals surface area contributed by atoms with E-state index in [0.717, 1.165) is 25.5 Å². The summed E-state index contributed by atoms with van der Waals surface area (Å²) in [4.78, 5) is 7.04. The van der Waals surface area contributed by atoms with Gasteiger partial charge < -0.3 is 10.2 Å². The van der Waals surface area contributed by atoms with Crippen molar-refractivity contribution in [3.63, 3.8) is 0 Å². The van der Waals surface area contributed by atoms with Crippen LogP contribution in [-0.4, -0.2) is 30.0 Å². The molecule has 4 rings (SSSR count). The molecule has 0 spiro atoms. The van der Waals surface area contributed by atoms with E-state index in [2.05, 4.69) is 64.6 Å². The van der Waals surface area contributed by atoms with Crippen molar-refractivity contribution in [2.45, 2.75) is 25.4 Å². The molecule has 2 atom stereocenters. The molecule has 2 unspecified atom stereocenters. The van der Waals surface area contributed by atoms with Crippen LogP contribution in [0.2, 0.25) is 0 Å². The summed E-state index contributed by atoms with van der Waals surface area (Å²) in [6, 6.07) is 16.4. The second-order valence-electron chi connectivity index (χ2n) is 5.81. The summed E-state index contributed by atoms with van der Waals surface area (Å²) in [5.41, 5.74) is 1.41. The minimum absolute atomic E-state index is 0.463. The van der Waals surface area contributed by atoms with Crippen molar-refractivity contribution in [2.75, 3.05) is 13.1 Å². The van der Waals surface area contributed by atoms with Gasteiger partial charge in [-0.25, -0.2) is 0 Å². The minimum Gasteiger partial charge on any atom is -0.352 e. The monoisotopic (exact) mass is 265 g/mol. The van der Waals surface area contributed by atoms with Gasteiger partial charge in [0.1, 0.15) is 0 Å². The average Bonchev–Trinajstić information content (AvgIpc) is 2.86. The van der Waals surface area contributed by atoms with E-state index in [-0.39, 0.29) is 0 Å². The number of benzene rings is 2. The molecular formula is C17H19N3. The highest BCUT2D eigenvalue weighted by Crippen LogP contribution is 2.31. The lowest BCUT2D eigenvalue weighted by Gasteiger charge is -2.32. The van der Waals surface area contributed by atoms with E-state index in [9.17, 15) is 0 Å². The topological polar surface area (TPSA) is 27.6 Å². The third-order valence-corrected chi connectivity index (χ3v) is 4.32. The Hall–Kier alpha value is -2.03. The molecule has 0 bridgehead atoms. The number of fused-ring (bicyclic) bond motifs is 2. The van der Waals surface area contributed by atoms with Crippen molar-refractivity contribution in [1.82, 2.24) is 10.2 Å². The fourth-order valence-corrected chi connectivity index (χ4v) is 3.35. The zero-order chi connectivity index (χ0) is 13.5. The van der Waals surface area contributed by atoms with Crippen molar-refractivity contribution in [3.05, 3.63) is 48.0 Å². The summed E-state index contributed by atoms with van der Waals surface area (Å²) in [5.74, 6) is 1.09. The van der Waals surface area contributed by atoms with Gasteiger partial charge in [0.25, 0.3) is 0 Å². The first-order valence-corrected chi connectivity index (χ1v) is 7.37. The maximum absolute atomic E-state index is 4.61. The van der Waals surface area contributed by atoms with Crippen molar-refractivity contribution < 1.29 is 0 Å². The van der Waals surface area contributed by atoms with Crippen LogP contribution >= 0.6 is 0 Å². The fraction of sp³-hybridized carbons (Fsp3) is 0.353. The zero-order valence-electron chi connectivity index (χ0n) is 11.7. The second kappa shape index (κ2) is 4.51. The second-order valence-corrected chi connectivity index (χ2v) is 5.81. The molecule has 2 aliphatic heterocycles. The molecule has 0 aliphatic carbocycles. The van der Waals surface area contributed by atoms with Crippen molar-refractivity contribution >= 4 is 16.7 Å². The first-order valence-electron chi connectivity index (χ1n) is 7.37. The molecule has 2 aliphatic rings. The van der Waals surface area contributed by atoms with Crippen LogP contribution in [0.3, 0.4) is 0 Å². The first kappa shape index (κ1) is 11.8. The number of guanidine groups is 1. The van der Waals surface area contributed by atoms with Gasteiger partial charge in [-0.2, -0.15) is 0 Å². The lowest BCUT2D eigenvalue weighted by molar-refractivity contribution is 0.305. The summed E-state index contributed by atoms with van der Waals surface area (Å²) in [5, 5.41) is 6.11. The van der Waals surface area contributed by atoms with E-state index in [1.165, 1.54) is 16.3 Å². The Labute approximate surface area is 119 Å². The van der Waals surface area contributed by atoms with Gasteiger partial charge in [0.15, 0.2) is 5.96 Å². The van der Waals surface area contributed by atoms with Gasteiger partial charge in [0.2, 0.25) is 0 Å². The van der Waals surface area contributed by atoms with Crippen LogP contribution < -0.4 is 5.32 Å². The summed E-state index contributed by atoms with van der Waals surface area (Å²) >= 11 is 0. The van der Waals surface area contributed by atoms with Crippen LogP contribution in [0.15, 0.2) is 47.5 Å². The molecule has 3 nitrogen and oxygen atoms in total. The highest BCUT2D eigenvalue weighted by Gasteiger charge is 2.33. The zero-order valence-corrected chi connectivity index (χ0v) is 11.7. The van der Waals surface area contributed by atoms with Gasteiger partial charge in [0, 0.05) is 19.1 Å². The maximum Gasteiger partial charge on any atom is 0.194 e. The van der Waals surface area contributed by atoms with Gasteiger partial charge >= 0.3 is 0 Å². The summed E-state index contributed by atoms with van der Waals surface area (Å²) < 4.78 is 0. The lowest BCUT2D eigenvalue weighted by Crippen LogP contribution is -2.37. The van der Waals surface area contributed by atoms with Crippen molar-refractivity contribution in [2.24, 2.45) is 4.99 Å². The smallest absolute Gasteiger partial charge is 0.194 e. The third-order valence-electron chi connectivity index (χ3n) is 4.32. The van der Waals surface area contributed by atoms with Crippen molar-refractivity contribution in [3.8, 4) is 0 Å². The molecule has 0 radical (unpaired) electrons. The van der Waals surface area contributed by atoms with E-state index in [0.29, 0.717) is 12.1 Å². The van der Waals surface area contributed by atoms with Crippen LogP contribution in [0.4, 0.5) is 0 Å².